The quantitative estimate of drug-likeness (QED) is 0.857. The van der Waals surface area contributed by atoms with Crippen LogP contribution in [0.15, 0.2) is 36.4 Å². The van der Waals surface area contributed by atoms with E-state index in [1.165, 1.54) is 11.1 Å². The summed E-state index contributed by atoms with van der Waals surface area (Å²) in [6, 6.07) is 11.7. The summed E-state index contributed by atoms with van der Waals surface area (Å²) in [6.45, 7) is 6.88. The van der Waals surface area contributed by atoms with Crippen LogP contribution in [0, 0.1) is 6.92 Å². The molecule has 2 aromatic rings. The van der Waals surface area contributed by atoms with Crippen LogP contribution in [0.3, 0.4) is 0 Å². The van der Waals surface area contributed by atoms with Gasteiger partial charge in [0.2, 0.25) is 0 Å². The van der Waals surface area contributed by atoms with Crippen molar-refractivity contribution in [2.45, 2.75) is 33.2 Å². The Hall–Kier alpha value is -1.51. The van der Waals surface area contributed by atoms with Crippen molar-refractivity contribution < 1.29 is 4.74 Å². The van der Waals surface area contributed by atoms with Gasteiger partial charge in [0, 0.05) is 17.1 Å². The van der Waals surface area contributed by atoms with Crippen LogP contribution in [-0.2, 0) is 6.54 Å². The third kappa shape index (κ3) is 3.33. The van der Waals surface area contributed by atoms with E-state index < -0.39 is 0 Å². The van der Waals surface area contributed by atoms with E-state index in [0.29, 0.717) is 17.5 Å². The van der Waals surface area contributed by atoms with Crippen molar-refractivity contribution >= 4 is 11.6 Å². The topological polar surface area (TPSA) is 35.2 Å². The molecule has 0 saturated heterocycles. The number of nitrogens with two attached hydrogens (primary N) is 1. The normalized spacial score (nSPS) is 10.9. The van der Waals surface area contributed by atoms with E-state index in [-0.39, 0.29) is 0 Å². The third-order valence-electron chi connectivity index (χ3n) is 3.33. The van der Waals surface area contributed by atoms with Gasteiger partial charge in [0.25, 0.3) is 0 Å². The maximum absolute atomic E-state index is 5.97. The number of hydrogen-bond donors (Lipinski definition) is 1. The Bertz CT molecular complexity index is 608. The minimum atomic E-state index is 0.402. The molecule has 0 radical (unpaired) electrons. The number of aryl methyl sites for hydroxylation is 1. The van der Waals surface area contributed by atoms with Crippen LogP contribution in [0.4, 0.5) is 0 Å². The molecular weight excluding hydrogens is 270 g/mol. The molecule has 0 atom stereocenters. The van der Waals surface area contributed by atoms with Gasteiger partial charge in [-0.3, -0.25) is 0 Å². The van der Waals surface area contributed by atoms with Crippen LogP contribution in [0.1, 0.15) is 36.5 Å². The summed E-state index contributed by atoms with van der Waals surface area (Å²) in [4.78, 5) is 0. The third-order valence-corrected chi connectivity index (χ3v) is 3.57. The van der Waals surface area contributed by atoms with Crippen LogP contribution in [0.25, 0.3) is 0 Å². The zero-order valence-corrected chi connectivity index (χ0v) is 12.9. The van der Waals surface area contributed by atoms with E-state index in [1.54, 1.807) is 0 Å². The number of halogens is 1. The van der Waals surface area contributed by atoms with Crippen molar-refractivity contribution in [2.24, 2.45) is 5.73 Å². The summed E-state index contributed by atoms with van der Waals surface area (Å²) in [5.41, 5.74) is 9.21. The number of hydrogen-bond acceptors (Lipinski definition) is 2. The molecule has 0 spiro atoms. The molecular formula is C17H20ClNO. The van der Waals surface area contributed by atoms with E-state index in [4.69, 9.17) is 22.1 Å². The smallest absolute Gasteiger partial charge is 0.132 e. The fourth-order valence-corrected chi connectivity index (χ4v) is 2.49. The largest absolute Gasteiger partial charge is 0.457 e. The van der Waals surface area contributed by atoms with Gasteiger partial charge in [-0.05, 0) is 54.3 Å². The predicted octanol–water partition coefficient (Wildman–Crippen LogP) is 5.02. The predicted molar refractivity (Wildman–Crippen MR) is 84.7 cm³/mol. The summed E-state index contributed by atoms with van der Waals surface area (Å²) >= 11 is 5.97. The molecule has 2 nitrogen and oxygen atoms in total. The molecule has 0 heterocycles. The standard InChI is InChI=1S/C17H20ClNO/c1-11(2)16-6-5-15(8-12(16)3)20-17-7-4-14(18)9-13(17)10-19/h4-9,11H,10,19H2,1-3H3. The van der Waals surface area contributed by atoms with Crippen LogP contribution in [0.5, 0.6) is 11.5 Å². The molecule has 3 heteroatoms. The molecule has 0 aliphatic carbocycles. The van der Waals surface area contributed by atoms with Crippen LogP contribution in [0.2, 0.25) is 5.02 Å². The second kappa shape index (κ2) is 6.29. The van der Waals surface area contributed by atoms with E-state index in [0.717, 1.165) is 17.1 Å². The number of ether oxygens (including phenoxy) is 1. The summed E-state index contributed by atoms with van der Waals surface area (Å²) < 4.78 is 5.93. The van der Waals surface area contributed by atoms with Gasteiger partial charge < -0.3 is 10.5 Å². The Morgan fingerprint density at radius 1 is 1.15 bits per heavy atom. The summed E-state index contributed by atoms with van der Waals surface area (Å²) in [7, 11) is 0. The van der Waals surface area contributed by atoms with Crippen molar-refractivity contribution in [2.75, 3.05) is 0 Å². The first-order valence-corrected chi connectivity index (χ1v) is 7.16. The Kier molecular flexibility index (Phi) is 4.69. The van der Waals surface area contributed by atoms with Gasteiger partial charge in [0.05, 0.1) is 0 Å². The van der Waals surface area contributed by atoms with Gasteiger partial charge in [-0.2, -0.15) is 0 Å². The number of benzene rings is 2. The highest BCUT2D eigenvalue weighted by atomic mass is 35.5. The molecule has 2 N–H and O–H groups in total. The van der Waals surface area contributed by atoms with Crippen LogP contribution in [-0.4, -0.2) is 0 Å². The van der Waals surface area contributed by atoms with Gasteiger partial charge in [-0.15, -0.1) is 0 Å². The summed E-state index contributed by atoms with van der Waals surface area (Å²) in [6.07, 6.45) is 0. The fraction of sp³-hybridized carbons (Fsp3) is 0.294. The monoisotopic (exact) mass is 289 g/mol. The van der Waals surface area contributed by atoms with Crippen molar-refractivity contribution in [3.8, 4) is 11.5 Å². The lowest BCUT2D eigenvalue weighted by Crippen LogP contribution is -2.00. The average molecular weight is 290 g/mol. The molecule has 0 unspecified atom stereocenters. The second-order valence-corrected chi connectivity index (χ2v) is 5.67. The molecule has 0 amide bonds. The van der Waals surface area contributed by atoms with Gasteiger partial charge in [-0.25, -0.2) is 0 Å². The average Bonchev–Trinajstić information content (AvgIpc) is 2.40. The molecule has 20 heavy (non-hydrogen) atoms. The Balaban J connectivity index is 2.28. The lowest BCUT2D eigenvalue weighted by atomic mass is 9.98. The van der Waals surface area contributed by atoms with Crippen molar-refractivity contribution in [3.63, 3.8) is 0 Å². The molecule has 0 saturated carbocycles. The Morgan fingerprint density at radius 2 is 1.90 bits per heavy atom. The minimum Gasteiger partial charge on any atom is -0.457 e. The first-order chi connectivity index (χ1) is 9.51. The van der Waals surface area contributed by atoms with Crippen molar-refractivity contribution in [1.82, 2.24) is 0 Å². The molecule has 0 fully saturated rings. The molecule has 2 rings (SSSR count). The fourth-order valence-electron chi connectivity index (χ4n) is 2.29. The SMILES string of the molecule is Cc1cc(Oc2ccc(Cl)cc2CN)ccc1C(C)C. The summed E-state index contributed by atoms with van der Waals surface area (Å²) in [5.74, 6) is 2.09. The van der Waals surface area contributed by atoms with Crippen molar-refractivity contribution in [3.05, 3.63) is 58.1 Å². The maximum atomic E-state index is 5.97. The highest BCUT2D eigenvalue weighted by molar-refractivity contribution is 6.30. The highest BCUT2D eigenvalue weighted by Gasteiger charge is 2.08. The van der Waals surface area contributed by atoms with E-state index in [2.05, 4.69) is 32.9 Å². The summed E-state index contributed by atoms with van der Waals surface area (Å²) in [5, 5.41) is 0.670. The lowest BCUT2D eigenvalue weighted by molar-refractivity contribution is 0.475. The maximum Gasteiger partial charge on any atom is 0.132 e. The Morgan fingerprint density at radius 3 is 2.50 bits per heavy atom. The molecule has 0 bridgehead atoms. The van der Waals surface area contributed by atoms with E-state index in [9.17, 15) is 0 Å². The molecule has 0 aliphatic rings. The van der Waals surface area contributed by atoms with Gasteiger partial charge in [0.15, 0.2) is 0 Å². The second-order valence-electron chi connectivity index (χ2n) is 5.23. The van der Waals surface area contributed by atoms with E-state index >= 15 is 0 Å². The zero-order valence-electron chi connectivity index (χ0n) is 12.1. The zero-order chi connectivity index (χ0) is 14.7. The van der Waals surface area contributed by atoms with E-state index in [1.807, 2.05) is 24.3 Å². The van der Waals surface area contributed by atoms with Crippen LogP contribution >= 0.6 is 11.6 Å². The first-order valence-electron chi connectivity index (χ1n) is 6.78. The molecule has 0 aromatic heterocycles. The Labute approximate surface area is 125 Å². The number of rotatable bonds is 4. The van der Waals surface area contributed by atoms with Gasteiger partial charge in [0.1, 0.15) is 11.5 Å². The highest BCUT2D eigenvalue weighted by Crippen LogP contribution is 2.30. The first kappa shape index (κ1) is 14.9. The molecule has 0 aliphatic heterocycles. The van der Waals surface area contributed by atoms with Crippen molar-refractivity contribution in [1.29, 1.82) is 0 Å². The van der Waals surface area contributed by atoms with Gasteiger partial charge >= 0.3 is 0 Å². The molecule has 2 aromatic carbocycles. The van der Waals surface area contributed by atoms with Crippen LogP contribution < -0.4 is 10.5 Å². The molecule has 106 valence electrons. The lowest BCUT2D eigenvalue weighted by Gasteiger charge is -2.14. The van der Waals surface area contributed by atoms with Gasteiger partial charge in [-0.1, -0.05) is 31.5 Å². The minimum absolute atomic E-state index is 0.402.